The fourth-order valence-electron chi connectivity index (χ4n) is 3.06. The third-order valence-electron chi connectivity index (χ3n) is 4.28. The van der Waals surface area contributed by atoms with E-state index >= 15 is 0 Å². The van der Waals surface area contributed by atoms with Gasteiger partial charge in [0.1, 0.15) is 0 Å². The Kier molecular flexibility index (Phi) is 4.22. The van der Waals surface area contributed by atoms with Crippen LogP contribution in [0.15, 0.2) is 0 Å². The third-order valence-corrected chi connectivity index (χ3v) is 4.28. The van der Waals surface area contributed by atoms with E-state index < -0.39 is 0 Å². The van der Waals surface area contributed by atoms with Gasteiger partial charge in [0.05, 0.1) is 12.7 Å². The van der Waals surface area contributed by atoms with Gasteiger partial charge < -0.3 is 9.84 Å². The van der Waals surface area contributed by atoms with Crippen LogP contribution >= 0.6 is 0 Å². The average Bonchev–Trinajstić information content (AvgIpc) is 2.76. The summed E-state index contributed by atoms with van der Waals surface area (Å²) in [6.45, 7) is 6.97. The first-order chi connectivity index (χ1) is 7.68. The molecule has 2 fully saturated rings. The van der Waals surface area contributed by atoms with Gasteiger partial charge in [0, 0.05) is 31.2 Å². The monoisotopic (exact) mass is 227 g/mol. The Morgan fingerprint density at radius 1 is 1.25 bits per heavy atom. The van der Waals surface area contributed by atoms with E-state index in [0.717, 1.165) is 26.2 Å². The molecule has 4 atom stereocenters. The van der Waals surface area contributed by atoms with Gasteiger partial charge in [0.15, 0.2) is 0 Å². The molecule has 16 heavy (non-hydrogen) atoms. The predicted octanol–water partition coefficient (Wildman–Crippen LogP) is 1.65. The summed E-state index contributed by atoms with van der Waals surface area (Å²) in [5.74, 6) is 0.362. The summed E-state index contributed by atoms with van der Waals surface area (Å²) >= 11 is 0. The van der Waals surface area contributed by atoms with Crippen LogP contribution in [0, 0.1) is 5.92 Å². The molecule has 0 aliphatic carbocycles. The van der Waals surface area contributed by atoms with E-state index in [4.69, 9.17) is 4.74 Å². The maximum absolute atomic E-state index is 10.2. The molecule has 0 bridgehead atoms. The molecule has 2 saturated heterocycles. The quantitative estimate of drug-likeness (QED) is 0.795. The van der Waals surface area contributed by atoms with E-state index in [2.05, 4.69) is 18.7 Å². The van der Waals surface area contributed by atoms with Crippen LogP contribution in [0.1, 0.15) is 39.5 Å². The number of aliphatic hydroxyl groups excluding tert-OH is 1. The smallest absolute Gasteiger partial charge is 0.0718 e. The number of β-amino-alcohol motifs (C(OH)–C–C–N with tert-alkyl or cyclic N) is 1. The number of aliphatic hydroxyl groups is 1. The molecule has 2 aliphatic rings. The minimum atomic E-state index is -0.203. The summed E-state index contributed by atoms with van der Waals surface area (Å²) < 4.78 is 5.34. The molecule has 2 aliphatic heterocycles. The molecule has 2 unspecified atom stereocenters. The highest BCUT2D eigenvalue weighted by molar-refractivity contribution is 4.84. The summed E-state index contributed by atoms with van der Waals surface area (Å²) in [6, 6.07) is 1.25. The van der Waals surface area contributed by atoms with Gasteiger partial charge >= 0.3 is 0 Å². The number of hydrogen-bond acceptors (Lipinski definition) is 3. The Labute approximate surface area is 98.8 Å². The van der Waals surface area contributed by atoms with Gasteiger partial charge in [0.2, 0.25) is 0 Å². The van der Waals surface area contributed by atoms with Crippen molar-refractivity contribution in [2.45, 2.75) is 57.7 Å². The zero-order chi connectivity index (χ0) is 11.5. The van der Waals surface area contributed by atoms with Crippen molar-refractivity contribution >= 4 is 0 Å². The number of hydrogen-bond donors (Lipinski definition) is 1. The van der Waals surface area contributed by atoms with Crippen LogP contribution in [-0.4, -0.2) is 48.0 Å². The highest BCUT2D eigenvalue weighted by atomic mass is 16.5. The summed E-state index contributed by atoms with van der Waals surface area (Å²) in [5.41, 5.74) is 0. The Bertz CT molecular complexity index is 206. The van der Waals surface area contributed by atoms with Crippen LogP contribution in [0.25, 0.3) is 0 Å². The Morgan fingerprint density at radius 3 is 2.50 bits per heavy atom. The van der Waals surface area contributed by atoms with Crippen LogP contribution in [0.2, 0.25) is 0 Å². The molecule has 0 aromatic carbocycles. The first-order valence-electron chi connectivity index (χ1n) is 6.70. The zero-order valence-electron chi connectivity index (χ0n) is 10.6. The van der Waals surface area contributed by atoms with E-state index in [1.165, 1.54) is 19.3 Å². The van der Waals surface area contributed by atoms with Crippen molar-refractivity contribution in [3.63, 3.8) is 0 Å². The molecule has 1 N–H and O–H groups in total. The topological polar surface area (TPSA) is 32.7 Å². The second-order valence-corrected chi connectivity index (χ2v) is 5.52. The normalized spacial score (nSPS) is 38.8. The number of piperidine rings is 1. The van der Waals surface area contributed by atoms with Crippen molar-refractivity contribution in [1.29, 1.82) is 0 Å². The Hall–Kier alpha value is -0.120. The molecule has 0 aromatic rings. The second kappa shape index (κ2) is 5.48. The highest BCUT2D eigenvalue weighted by Crippen LogP contribution is 2.25. The number of ether oxygens (including phenoxy) is 1. The van der Waals surface area contributed by atoms with Crippen molar-refractivity contribution in [2.75, 3.05) is 19.8 Å². The predicted molar refractivity (Wildman–Crippen MR) is 64.4 cm³/mol. The van der Waals surface area contributed by atoms with Crippen molar-refractivity contribution < 1.29 is 9.84 Å². The summed E-state index contributed by atoms with van der Waals surface area (Å²) in [6.07, 6.45) is 4.71. The zero-order valence-corrected chi connectivity index (χ0v) is 10.6. The minimum Gasteiger partial charge on any atom is -0.391 e. The molecular weight excluding hydrogens is 202 g/mol. The van der Waals surface area contributed by atoms with E-state index in [9.17, 15) is 5.11 Å². The van der Waals surface area contributed by atoms with Gasteiger partial charge in [0.25, 0.3) is 0 Å². The van der Waals surface area contributed by atoms with Gasteiger partial charge in [-0.1, -0.05) is 6.42 Å². The van der Waals surface area contributed by atoms with Gasteiger partial charge in [-0.05, 0) is 33.1 Å². The van der Waals surface area contributed by atoms with Crippen LogP contribution in [-0.2, 0) is 4.74 Å². The summed E-state index contributed by atoms with van der Waals surface area (Å²) in [5, 5.41) is 10.2. The van der Waals surface area contributed by atoms with Crippen molar-refractivity contribution in [1.82, 2.24) is 4.90 Å². The van der Waals surface area contributed by atoms with Crippen molar-refractivity contribution in [2.24, 2.45) is 5.92 Å². The number of likely N-dealkylation sites (tertiary alicyclic amines) is 1. The molecule has 0 amide bonds. The standard InChI is InChI=1S/C13H25NO2/c1-10-4-3-5-11(2)14(10)8-13(15)12-6-7-16-9-12/h10-13,15H,3-9H2,1-2H3/t10-,11+,12?,13?. The van der Waals surface area contributed by atoms with E-state index in [1.54, 1.807) is 0 Å². The van der Waals surface area contributed by atoms with E-state index in [0.29, 0.717) is 18.0 Å². The van der Waals surface area contributed by atoms with Crippen LogP contribution in [0.3, 0.4) is 0 Å². The van der Waals surface area contributed by atoms with Gasteiger partial charge in [-0.2, -0.15) is 0 Å². The number of rotatable bonds is 3. The van der Waals surface area contributed by atoms with Gasteiger partial charge in [-0.25, -0.2) is 0 Å². The molecule has 0 spiro atoms. The lowest BCUT2D eigenvalue weighted by atomic mass is 9.94. The third kappa shape index (κ3) is 2.76. The molecule has 0 aromatic heterocycles. The molecular formula is C13H25NO2. The summed E-state index contributed by atoms with van der Waals surface area (Å²) in [7, 11) is 0. The fourth-order valence-corrected chi connectivity index (χ4v) is 3.06. The van der Waals surface area contributed by atoms with Crippen molar-refractivity contribution in [3.05, 3.63) is 0 Å². The first-order valence-corrected chi connectivity index (χ1v) is 6.70. The van der Waals surface area contributed by atoms with E-state index in [-0.39, 0.29) is 6.10 Å². The largest absolute Gasteiger partial charge is 0.391 e. The maximum atomic E-state index is 10.2. The van der Waals surface area contributed by atoms with Crippen LogP contribution in [0.5, 0.6) is 0 Å². The lowest BCUT2D eigenvalue weighted by Gasteiger charge is -2.40. The van der Waals surface area contributed by atoms with Crippen molar-refractivity contribution in [3.8, 4) is 0 Å². The van der Waals surface area contributed by atoms with E-state index in [1.807, 2.05) is 0 Å². The number of nitrogens with zero attached hydrogens (tertiary/aromatic N) is 1. The molecule has 0 radical (unpaired) electrons. The average molecular weight is 227 g/mol. The molecule has 3 nitrogen and oxygen atoms in total. The Balaban J connectivity index is 1.86. The molecule has 3 heteroatoms. The fraction of sp³-hybridized carbons (Fsp3) is 1.00. The van der Waals surface area contributed by atoms with Gasteiger partial charge in [-0.15, -0.1) is 0 Å². The lowest BCUT2D eigenvalue weighted by molar-refractivity contribution is 0.0123. The van der Waals surface area contributed by atoms with Crippen LogP contribution in [0.4, 0.5) is 0 Å². The molecule has 2 rings (SSSR count). The summed E-state index contributed by atoms with van der Waals surface area (Å²) in [4.78, 5) is 2.48. The van der Waals surface area contributed by atoms with Gasteiger partial charge in [-0.3, -0.25) is 4.90 Å². The lowest BCUT2D eigenvalue weighted by Crippen LogP contribution is -2.48. The minimum absolute atomic E-state index is 0.203. The second-order valence-electron chi connectivity index (χ2n) is 5.52. The highest BCUT2D eigenvalue weighted by Gasteiger charge is 2.30. The SMILES string of the molecule is C[C@@H]1CCC[C@H](C)N1CC(O)C1CCOC1. The molecule has 2 heterocycles. The van der Waals surface area contributed by atoms with Crippen LogP contribution < -0.4 is 0 Å². The Morgan fingerprint density at radius 2 is 1.94 bits per heavy atom. The maximum Gasteiger partial charge on any atom is 0.0718 e. The first kappa shape index (κ1) is 12.3. The molecule has 0 saturated carbocycles. The molecule has 94 valence electrons.